The number of aliphatic imine (C=N–C) groups is 1. The minimum atomic E-state index is -0.433. The van der Waals surface area contributed by atoms with E-state index < -0.39 is 5.91 Å². The molecule has 0 aliphatic carbocycles. The smallest absolute Gasteiger partial charge is 0.280 e. The van der Waals surface area contributed by atoms with Crippen LogP contribution < -0.4 is 9.47 Å². The maximum atomic E-state index is 13.0. The van der Waals surface area contributed by atoms with Gasteiger partial charge in [-0.1, -0.05) is 13.8 Å². The number of H-pyrrole nitrogens is 1. The Labute approximate surface area is 199 Å². The van der Waals surface area contributed by atoms with Gasteiger partial charge in [0.15, 0.2) is 5.88 Å². The molecule has 8 heteroatoms. The van der Waals surface area contributed by atoms with Crippen LogP contribution in [0.25, 0.3) is 11.3 Å². The van der Waals surface area contributed by atoms with Crippen LogP contribution >= 0.6 is 0 Å². The summed E-state index contributed by atoms with van der Waals surface area (Å²) in [5, 5.41) is 10.8. The van der Waals surface area contributed by atoms with Gasteiger partial charge in [-0.25, -0.2) is 15.0 Å². The van der Waals surface area contributed by atoms with Crippen molar-refractivity contribution in [1.82, 2.24) is 15.0 Å². The van der Waals surface area contributed by atoms with Gasteiger partial charge < -0.3 is 19.6 Å². The highest BCUT2D eigenvalue weighted by molar-refractivity contribution is 6.30. The zero-order valence-electron chi connectivity index (χ0n) is 20.4. The monoisotopic (exact) mass is 462 g/mol. The Kier molecular flexibility index (Phi) is 5.93. The van der Waals surface area contributed by atoms with E-state index in [-0.39, 0.29) is 17.1 Å². The van der Waals surface area contributed by atoms with Crippen LogP contribution in [-0.2, 0) is 0 Å². The second-order valence-corrected chi connectivity index (χ2v) is 9.56. The maximum absolute atomic E-state index is 13.0. The fourth-order valence-corrected chi connectivity index (χ4v) is 3.51. The molecule has 3 aromatic rings. The zero-order chi connectivity index (χ0) is 24.7. The quantitative estimate of drug-likeness (QED) is 0.470. The molecule has 0 spiro atoms. The number of aromatic hydroxyl groups is 1. The molecule has 0 unspecified atom stereocenters. The van der Waals surface area contributed by atoms with Crippen LogP contribution in [0.15, 0.2) is 41.7 Å². The first-order valence-electron chi connectivity index (χ1n) is 11.4. The van der Waals surface area contributed by atoms with Gasteiger partial charge in [-0.3, -0.25) is 4.79 Å². The number of aromatic amines is 1. The fourth-order valence-electron chi connectivity index (χ4n) is 3.51. The number of nitrogens with zero attached hydrogens (tertiary/aromatic N) is 3. The molecule has 0 saturated heterocycles. The Hall–Kier alpha value is -3.68. The summed E-state index contributed by atoms with van der Waals surface area (Å²) < 4.78 is 12.0. The van der Waals surface area contributed by atoms with Crippen LogP contribution in [0.5, 0.6) is 17.6 Å². The van der Waals surface area contributed by atoms with Gasteiger partial charge in [-0.15, -0.1) is 0 Å². The summed E-state index contributed by atoms with van der Waals surface area (Å²) >= 11 is 0. The molecule has 0 bridgehead atoms. The Morgan fingerprint density at radius 2 is 1.41 bits per heavy atom. The van der Waals surface area contributed by atoms with Gasteiger partial charge in [0, 0.05) is 35.7 Å². The Bertz CT molecular complexity index is 1270. The number of carbonyl (C=O) groups excluding carboxylic acids is 1. The van der Waals surface area contributed by atoms with Gasteiger partial charge >= 0.3 is 0 Å². The number of nitrogens with one attached hydrogen (secondary N) is 1. The molecule has 0 radical (unpaired) electrons. The van der Waals surface area contributed by atoms with E-state index >= 15 is 0 Å². The summed E-state index contributed by atoms with van der Waals surface area (Å²) in [6.45, 7) is 12.0. The number of carbonyl (C=O) groups is 1. The number of hydrogen-bond donors (Lipinski definition) is 2. The number of amides is 1. The molecule has 2 N–H and O–H groups in total. The molecule has 3 aromatic heterocycles. The van der Waals surface area contributed by atoms with Gasteiger partial charge in [-0.05, 0) is 52.7 Å². The summed E-state index contributed by atoms with van der Waals surface area (Å²) in [6, 6.07) is 6.98. The number of rotatable bonds is 8. The van der Waals surface area contributed by atoms with Crippen molar-refractivity contribution in [2.24, 2.45) is 4.99 Å². The predicted molar refractivity (Wildman–Crippen MR) is 130 cm³/mol. The topological polar surface area (TPSA) is 110 Å². The molecule has 1 amide bonds. The highest BCUT2D eigenvalue weighted by atomic mass is 16.5. The SMILES string of the molecule is CCC(C)(C)Oc1cc(C2=NC(=O)c3c(-c4ccnc(OC(C)(C)CC)c4)[nH]c(O)c32)ccn1. The van der Waals surface area contributed by atoms with Crippen molar-refractivity contribution in [3.63, 3.8) is 0 Å². The third-order valence-electron chi connectivity index (χ3n) is 6.14. The van der Waals surface area contributed by atoms with Crippen molar-refractivity contribution in [3.8, 4) is 28.9 Å². The maximum Gasteiger partial charge on any atom is 0.280 e. The molecular formula is C26H30N4O4. The van der Waals surface area contributed by atoms with Crippen LogP contribution in [-0.4, -0.2) is 42.9 Å². The van der Waals surface area contributed by atoms with Crippen molar-refractivity contribution >= 4 is 11.6 Å². The van der Waals surface area contributed by atoms with E-state index in [4.69, 9.17) is 9.47 Å². The summed E-state index contributed by atoms with van der Waals surface area (Å²) in [7, 11) is 0. The summed E-state index contributed by atoms with van der Waals surface area (Å²) in [6.07, 6.45) is 4.83. The molecule has 8 nitrogen and oxygen atoms in total. The van der Waals surface area contributed by atoms with E-state index in [0.717, 1.165) is 12.8 Å². The van der Waals surface area contributed by atoms with Gasteiger partial charge in [0.25, 0.3) is 5.91 Å². The van der Waals surface area contributed by atoms with Gasteiger partial charge in [0.1, 0.15) is 11.2 Å². The lowest BCUT2D eigenvalue weighted by molar-refractivity contribution is 0.0986. The van der Waals surface area contributed by atoms with Crippen molar-refractivity contribution in [1.29, 1.82) is 0 Å². The minimum Gasteiger partial charge on any atom is -0.494 e. The summed E-state index contributed by atoms with van der Waals surface area (Å²) in [5.74, 6) is 0.305. The van der Waals surface area contributed by atoms with Crippen molar-refractivity contribution in [3.05, 3.63) is 53.3 Å². The van der Waals surface area contributed by atoms with E-state index in [1.165, 1.54) is 0 Å². The van der Waals surface area contributed by atoms with Crippen molar-refractivity contribution < 1.29 is 19.4 Å². The summed E-state index contributed by atoms with van der Waals surface area (Å²) in [5.41, 5.74) is 2.05. The summed E-state index contributed by atoms with van der Waals surface area (Å²) in [4.78, 5) is 28.7. The number of hydrogen-bond acceptors (Lipinski definition) is 6. The van der Waals surface area contributed by atoms with Gasteiger partial charge in [0.2, 0.25) is 11.8 Å². The number of pyridine rings is 2. The van der Waals surface area contributed by atoms with Crippen molar-refractivity contribution in [2.75, 3.05) is 0 Å². The van der Waals surface area contributed by atoms with E-state index in [0.29, 0.717) is 45.4 Å². The molecule has 34 heavy (non-hydrogen) atoms. The number of ether oxygens (including phenoxy) is 2. The Morgan fingerprint density at radius 3 is 1.97 bits per heavy atom. The van der Waals surface area contributed by atoms with Gasteiger partial charge in [-0.2, -0.15) is 0 Å². The standard InChI is InChI=1S/C26H30N4O4/c1-7-25(3,4)33-17-13-15(9-11-27-17)21-19-20(24(32)29-21)22(30-23(19)31)16-10-12-28-18(14-16)34-26(5,6)8-2/h9-14,29,32H,7-8H2,1-6H3. The largest absolute Gasteiger partial charge is 0.494 e. The zero-order valence-corrected chi connectivity index (χ0v) is 20.4. The third-order valence-corrected chi connectivity index (χ3v) is 6.14. The lowest BCUT2D eigenvalue weighted by Crippen LogP contribution is -2.27. The van der Waals surface area contributed by atoms with Crippen LogP contribution in [0.1, 0.15) is 75.9 Å². The molecule has 4 rings (SSSR count). The normalized spacial score (nSPS) is 13.6. The van der Waals surface area contributed by atoms with Crippen LogP contribution in [0.3, 0.4) is 0 Å². The van der Waals surface area contributed by atoms with Crippen molar-refractivity contribution in [2.45, 2.75) is 65.6 Å². The minimum absolute atomic E-state index is 0.129. The van der Waals surface area contributed by atoms with Gasteiger partial charge in [0.05, 0.1) is 22.5 Å². The molecule has 178 valence electrons. The molecule has 0 fully saturated rings. The van der Waals surface area contributed by atoms with Crippen LogP contribution in [0.2, 0.25) is 0 Å². The molecular weight excluding hydrogens is 432 g/mol. The lowest BCUT2D eigenvalue weighted by Gasteiger charge is -2.24. The first-order chi connectivity index (χ1) is 16.0. The molecule has 4 heterocycles. The molecule has 0 atom stereocenters. The first-order valence-corrected chi connectivity index (χ1v) is 11.4. The second kappa shape index (κ2) is 8.59. The van der Waals surface area contributed by atoms with E-state index in [2.05, 4.69) is 19.9 Å². The lowest BCUT2D eigenvalue weighted by atomic mass is 10.0. The third kappa shape index (κ3) is 4.53. The molecule has 1 aliphatic heterocycles. The predicted octanol–water partition coefficient (Wildman–Crippen LogP) is 5.30. The van der Waals surface area contributed by atoms with E-state index in [1.54, 1.807) is 36.7 Å². The highest BCUT2D eigenvalue weighted by Gasteiger charge is 2.34. The van der Waals surface area contributed by atoms with E-state index in [9.17, 15) is 9.90 Å². The van der Waals surface area contributed by atoms with Crippen LogP contribution in [0, 0.1) is 0 Å². The molecule has 1 aliphatic rings. The Morgan fingerprint density at radius 1 is 0.882 bits per heavy atom. The first kappa shape index (κ1) is 23.5. The second-order valence-electron chi connectivity index (χ2n) is 9.56. The average molecular weight is 463 g/mol. The van der Waals surface area contributed by atoms with E-state index in [1.807, 2.05) is 41.5 Å². The highest BCUT2D eigenvalue weighted by Crippen LogP contribution is 2.39. The molecule has 0 saturated carbocycles. The average Bonchev–Trinajstić information content (AvgIpc) is 3.32. The number of fused-ring (bicyclic) bond motifs is 1. The number of aromatic nitrogens is 3. The fraction of sp³-hybridized carbons (Fsp3) is 0.385. The Balaban J connectivity index is 1.72. The molecule has 0 aromatic carbocycles. The van der Waals surface area contributed by atoms with Crippen LogP contribution in [0.4, 0.5) is 0 Å².